The first-order valence-corrected chi connectivity index (χ1v) is 16.4. The van der Waals surface area contributed by atoms with Crippen LogP contribution in [-0.2, 0) is 33.6 Å². The van der Waals surface area contributed by atoms with Gasteiger partial charge in [0.05, 0.1) is 62.3 Å². The van der Waals surface area contributed by atoms with Gasteiger partial charge in [0.1, 0.15) is 17.2 Å². The van der Waals surface area contributed by atoms with E-state index in [1.54, 1.807) is 44.4 Å². The van der Waals surface area contributed by atoms with E-state index in [0.717, 1.165) is 6.42 Å². The molecule has 0 spiro atoms. The van der Waals surface area contributed by atoms with Gasteiger partial charge < -0.3 is 33.2 Å². The van der Waals surface area contributed by atoms with Gasteiger partial charge >= 0.3 is 5.69 Å². The molecule has 1 fully saturated rings. The summed E-state index contributed by atoms with van der Waals surface area (Å²) in [7, 11) is 1.98. The van der Waals surface area contributed by atoms with Crippen LogP contribution in [0.15, 0.2) is 58.2 Å². The summed E-state index contributed by atoms with van der Waals surface area (Å²) in [4.78, 5) is 12.7. The van der Waals surface area contributed by atoms with Crippen molar-refractivity contribution in [1.82, 2.24) is 9.13 Å². The second kappa shape index (κ2) is 14.4. The molecule has 1 saturated heterocycles. The number of ether oxygens (including phenoxy) is 7. The van der Waals surface area contributed by atoms with Gasteiger partial charge in [0.15, 0.2) is 23.5 Å². The van der Waals surface area contributed by atoms with Crippen molar-refractivity contribution in [2.45, 2.75) is 37.4 Å². The normalized spacial score (nSPS) is 13.6. The molecule has 1 aliphatic rings. The first kappa shape index (κ1) is 33.0. The van der Waals surface area contributed by atoms with E-state index in [9.17, 15) is 13.2 Å². The summed E-state index contributed by atoms with van der Waals surface area (Å²) in [5, 5.41) is 0. The molecular weight excluding hydrogens is 618 g/mol. The van der Waals surface area contributed by atoms with Crippen LogP contribution in [0.25, 0.3) is 11.0 Å². The average Bonchev–Trinajstić information content (AvgIpc) is 3.64. The summed E-state index contributed by atoms with van der Waals surface area (Å²) in [5.74, 6) is 2.18. The maximum atomic E-state index is 13.6. The highest BCUT2D eigenvalue weighted by atomic mass is 32.2. The molecule has 3 aromatic carbocycles. The summed E-state index contributed by atoms with van der Waals surface area (Å²) >= 11 is 0. The minimum Gasteiger partial charge on any atom is -0.493 e. The van der Waals surface area contributed by atoms with Crippen LogP contribution >= 0.6 is 0 Å². The molecule has 0 radical (unpaired) electrons. The zero-order chi connectivity index (χ0) is 32.8. The molecule has 0 bridgehead atoms. The number of aromatic nitrogens is 2. The summed E-state index contributed by atoms with van der Waals surface area (Å²) in [6.07, 6.45) is 1.99. The fourth-order valence-electron chi connectivity index (χ4n) is 5.01. The zero-order valence-electron chi connectivity index (χ0n) is 26.5. The Balaban J connectivity index is 0.00000500. The monoisotopic (exact) mass is 659 g/mol. The highest BCUT2D eigenvalue weighted by Gasteiger charge is 2.22. The molecule has 1 aliphatic heterocycles. The molecule has 1 aromatic heterocycles. The summed E-state index contributed by atoms with van der Waals surface area (Å²) in [5.41, 5.74) is 0.884. The van der Waals surface area contributed by atoms with Crippen molar-refractivity contribution in [2.24, 2.45) is 14.1 Å². The van der Waals surface area contributed by atoms with Crippen LogP contribution in [0.2, 0.25) is 0 Å². The number of methoxy groups -OCH3 is 2. The van der Waals surface area contributed by atoms with Gasteiger partial charge in [0.25, 0.3) is 10.0 Å². The lowest BCUT2D eigenvalue weighted by Crippen LogP contribution is -2.19. The molecule has 13 nitrogen and oxygen atoms in total. The first-order chi connectivity index (χ1) is 22.1. The van der Waals surface area contributed by atoms with E-state index in [1.165, 1.54) is 41.6 Å². The quantitative estimate of drug-likeness (QED) is 0.173. The maximum absolute atomic E-state index is 13.6. The SMILES string of the molecule is CCCOc1cc(OCCCC2OCCO2)cc(Oc2cc3c(cc2NS(=O)(=O)c2ccc(OC)c(OC)c2)n(C)c(=O)n3C)c1.[HH]. The van der Waals surface area contributed by atoms with Crippen LogP contribution < -0.4 is 34.1 Å². The Morgan fingerprint density at radius 2 is 1.48 bits per heavy atom. The molecule has 0 amide bonds. The molecule has 2 heterocycles. The highest BCUT2D eigenvalue weighted by Crippen LogP contribution is 2.38. The van der Waals surface area contributed by atoms with Crippen molar-refractivity contribution >= 4 is 26.7 Å². The standard InChI is InChI=1S/C32H39N3O10S.H2/c1-6-11-41-21-15-22(42-12-7-8-31-43-13-14-44-31)17-23(16-21)45-29-20-27-26(34(2)32(36)35(27)3)19-25(29)33-46(37,38)24-9-10-28(39-4)30(18-24)40-5;/h9-10,15-20,31,33H,6-8,11-14H2,1-5H3;1H. The highest BCUT2D eigenvalue weighted by molar-refractivity contribution is 7.92. The molecule has 14 heteroatoms. The zero-order valence-corrected chi connectivity index (χ0v) is 27.3. The fourth-order valence-corrected chi connectivity index (χ4v) is 6.09. The molecule has 250 valence electrons. The number of fused-ring (bicyclic) bond motifs is 1. The molecule has 0 saturated carbocycles. The average molecular weight is 660 g/mol. The van der Waals surface area contributed by atoms with Crippen LogP contribution in [0.4, 0.5) is 5.69 Å². The molecular formula is C32H41N3O10S. The minimum atomic E-state index is -4.15. The lowest BCUT2D eigenvalue weighted by molar-refractivity contribution is -0.0493. The molecule has 46 heavy (non-hydrogen) atoms. The number of nitrogens with one attached hydrogen (secondary N) is 1. The van der Waals surface area contributed by atoms with Crippen molar-refractivity contribution in [3.8, 4) is 34.5 Å². The fraction of sp³-hybridized carbons (Fsp3) is 0.406. The van der Waals surface area contributed by atoms with Gasteiger partial charge in [-0.2, -0.15) is 0 Å². The van der Waals surface area contributed by atoms with Crippen molar-refractivity contribution < 1.29 is 43.0 Å². The molecule has 0 unspecified atom stereocenters. The molecule has 4 aromatic rings. The van der Waals surface area contributed by atoms with Crippen LogP contribution in [-0.4, -0.2) is 64.5 Å². The van der Waals surface area contributed by atoms with Gasteiger partial charge in [-0.3, -0.25) is 13.9 Å². The predicted octanol–water partition coefficient (Wildman–Crippen LogP) is 5.05. The summed E-state index contributed by atoms with van der Waals surface area (Å²) in [6.45, 7) is 4.08. The van der Waals surface area contributed by atoms with E-state index < -0.39 is 10.0 Å². The van der Waals surface area contributed by atoms with Gasteiger partial charge in [-0.25, -0.2) is 13.2 Å². The number of nitrogens with zero attached hydrogens (tertiary/aromatic N) is 2. The van der Waals surface area contributed by atoms with E-state index in [-0.39, 0.29) is 35.5 Å². The third kappa shape index (κ3) is 7.35. The second-order valence-electron chi connectivity index (χ2n) is 10.6. The van der Waals surface area contributed by atoms with E-state index >= 15 is 0 Å². The van der Waals surface area contributed by atoms with E-state index in [1.807, 2.05) is 6.92 Å². The molecule has 0 atom stereocenters. The third-order valence-corrected chi connectivity index (χ3v) is 8.74. The van der Waals surface area contributed by atoms with Crippen molar-refractivity contribution in [3.63, 3.8) is 0 Å². The largest absolute Gasteiger partial charge is 0.493 e. The van der Waals surface area contributed by atoms with Crippen LogP contribution in [0.5, 0.6) is 34.5 Å². The Morgan fingerprint density at radius 1 is 0.848 bits per heavy atom. The Hall–Kier alpha value is -4.40. The Morgan fingerprint density at radius 3 is 2.13 bits per heavy atom. The first-order valence-electron chi connectivity index (χ1n) is 14.9. The summed E-state index contributed by atoms with van der Waals surface area (Å²) < 4.78 is 72.6. The smallest absolute Gasteiger partial charge is 0.328 e. The lowest BCUT2D eigenvalue weighted by Gasteiger charge is -2.17. The Labute approximate surface area is 269 Å². The van der Waals surface area contributed by atoms with E-state index in [0.29, 0.717) is 73.3 Å². The van der Waals surface area contributed by atoms with Crippen molar-refractivity contribution in [3.05, 3.63) is 59.0 Å². The Bertz CT molecular complexity index is 1850. The number of aryl methyl sites for hydroxylation is 2. The van der Waals surface area contributed by atoms with E-state index in [4.69, 9.17) is 33.2 Å². The van der Waals surface area contributed by atoms with Gasteiger partial charge in [-0.05, 0) is 31.0 Å². The summed E-state index contributed by atoms with van der Waals surface area (Å²) in [6, 6.07) is 12.6. The number of benzene rings is 3. The topological polar surface area (TPSA) is 138 Å². The molecule has 5 rings (SSSR count). The predicted molar refractivity (Wildman–Crippen MR) is 173 cm³/mol. The van der Waals surface area contributed by atoms with Crippen LogP contribution in [0.3, 0.4) is 0 Å². The number of rotatable bonds is 15. The number of imidazole rings is 1. The van der Waals surface area contributed by atoms with E-state index in [2.05, 4.69) is 4.72 Å². The number of hydrogen-bond donors (Lipinski definition) is 1. The van der Waals surface area contributed by atoms with Gasteiger partial charge in [-0.15, -0.1) is 0 Å². The molecule has 1 N–H and O–H groups in total. The molecule has 0 aliphatic carbocycles. The number of hydrogen-bond acceptors (Lipinski definition) is 10. The second-order valence-corrected chi connectivity index (χ2v) is 12.3. The van der Waals surface area contributed by atoms with Crippen molar-refractivity contribution in [1.29, 1.82) is 0 Å². The number of anilines is 1. The van der Waals surface area contributed by atoms with Gasteiger partial charge in [-0.1, -0.05) is 6.92 Å². The number of sulfonamides is 1. The lowest BCUT2D eigenvalue weighted by atomic mass is 10.2. The third-order valence-electron chi connectivity index (χ3n) is 7.38. The maximum Gasteiger partial charge on any atom is 0.328 e. The van der Waals surface area contributed by atoms with Crippen LogP contribution in [0.1, 0.15) is 27.6 Å². The Kier molecular flexibility index (Phi) is 10.3. The minimum absolute atomic E-state index is 0. The van der Waals surface area contributed by atoms with Crippen LogP contribution in [0, 0.1) is 0 Å². The van der Waals surface area contributed by atoms with Gasteiger partial charge in [0.2, 0.25) is 0 Å². The van der Waals surface area contributed by atoms with Gasteiger partial charge in [0, 0.05) is 52.3 Å². The van der Waals surface area contributed by atoms with Crippen molar-refractivity contribution in [2.75, 3.05) is 45.4 Å².